The lowest BCUT2D eigenvalue weighted by Crippen LogP contribution is -2.36. The van der Waals surface area contributed by atoms with Gasteiger partial charge in [0, 0.05) is 23.5 Å². The summed E-state index contributed by atoms with van der Waals surface area (Å²) in [5.41, 5.74) is 0.488. The fourth-order valence-electron chi connectivity index (χ4n) is 1.85. The van der Waals surface area contributed by atoms with Gasteiger partial charge in [-0.15, -0.1) is 22.9 Å². The van der Waals surface area contributed by atoms with Crippen LogP contribution in [-0.2, 0) is 22.3 Å². The largest absolute Gasteiger partial charge is 0.266 e. The molecule has 2 aromatic rings. The van der Waals surface area contributed by atoms with Gasteiger partial charge in [0.15, 0.2) is 5.03 Å². The minimum Gasteiger partial charge on any atom is -0.266 e. The van der Waals surface area contributed by atoms with E-state index in [1.54, 1.807) is 18.4 Å². The minimum absolute atomic E-state index is 0.0769. The van der Waals surface area contributed by atoms with Crippen LogP contribution in [0, 0.1) is 0 Å². The number of hydrogen-bond donors (Lipinski definition) is 1. The number of nitrogens with one attached hydrogen (secondary N) is 1. The summed E-state index contributed by atoms with van der Waals surface area (Å²) in [5.74, 6) is 0.109. The summed E-state index contributed by atoms with van der Waals surface area (Å²) in [6, 6.07) is 3.81. The second-order valence-corrected chi connectivity index (χ2v) is 7.75. The third-order valence-corrected chi connectivity index (χ3v) is 6.33. The van der Waals surface area contributed by atoms with Crippen LogP contribution in [0.25, 0.3) is 0 Å². The van der Waals surface area contributed by atoms with Gasteiger partial charge in [-0.3, -0.25) is 5.10 Å². The molecule has 0 aliphatic heterocycles. The van der Waals surface area contributed by atoms with Crippen molar-refractivity contribution in [2.75, 3.05) is 7.05 Å². The molecule has 2 rings (SSSR count). The highest BCUT2D eigenvalue weighted by Gasteiger charge is 2.29. The van der Waals surface area contributed by atoms with E-state index in [1.807, 2.05) is 24.4 Å². The Labute approximate surface area is 127 Å². The molecule has 20 heavy (non-hydrogen) atoms. The summed E-state index contributed by atoms with van der Waals surface area (Å²) < 4.78 is 26.4. The Morgan fingerprint density at radius 2 is 2.30 bits per heavy atom. The normalized spacial score (nSPS) is 13.8. The number of likely N-dealkylation sites (N-methyl/N-ethyl adjacent to an activating group) is 1. The molecule has 0 bridgehead atoms. The summed E-state index contributed by atoms with van der Waals surface area (Å²) in [4.78, 5) is 1.15. The van der Waals surface area contributed by atoms with Crippen LogP contribution in [0.2, 0.25) is 0 Å². The Morgan fingerprint density at radius 3 is 2.90 bits per heavy atom. The number of rotatable bonds is 6. The SMILES string of the molecule is CC(Cc1cccs1)N(C)S(=O)(=O)c1[nH]ncc1CCl. The molecule has 0 radical (unpaired) electrons. The van der Waals surface area contributed by atoms with E-state index in [0.29, 0.717) is 12.0 Å². The van der Waals surface area contributed by atoms with Crippen molar-refractivity contribution < 1.29 is 8.42 Å². The van der Waals surface area contributed by atoms with Gasteiger partial charge in [-0.05, 0) is 24.8 Å². The number of H-pyrrole nitrogens is 1. The van der Waals surface area contributed by atoms with Crippen molar-refractivity contribution in [1.29, 1.82) is 0 Å². The lowest BCUT2D eigenvalue weighted by atomic mass is 10.2. The number of sulfonamides is 1. The molecule has 110 valence electrons. The average molecular weight is 334 g/mol. The second kappa shape index (κ2) is 6.26. The number of aromatic nitrogens is 2. The average Bonchev–Trinajstić information content (AvgIpc) is 3.08. The number of hydrogen-bond acceptors (Lipinski definition) is 4. The van der Waals surface area contributed by atoms with Gasteiger partial charge in [-0.2, -0.15) is 9.40 Å². The zero-order valence-electron chi connectivity index (χ0n) is 11.2. The van der Waals surface area contributed by atoms with Gasteiger partial charge in [0.05, 0.1) is 12.1 Å². The molecule has 1 atom stereocenters. The van der Waals surface area contributed by atoms with E-state index in [-0.39, 0.29) is 16.9 Å². The first-order chi connectivity index (χ1) is 9.46. The molecule has 0 saturated heterocycles. The van der Waals surface area contributed by atoms with E-state index >= 15 is 0 Å². The van der Waals surface area contributed by atoms with Crippen LogP contribution in [0.3, 0.4) is 0 Å². The number of thiophene rings is 1. The van der Waals surface area contributed by atoms with Crippen molar-refractivity contribution >= 4 is 33.0 Å². The van der Waals surface area contributed by atoms with Gasteiger partial charge >= 0.3 is 0 Å². The molecule has 8 heteroatoms. The maximum Gasteiger partial charge on any atom is 0.260 e. The number of alkyl halides is 1. The van der Waals surface area contributed by atoms with Crippen molar-refractivity contribution in [3.8, 4) is 0 Å². The Balaban J connectivity index is 2.20. The highest BCUT2D eigenvalue weighted by Crippen LogP contribution is 2.22. The Kier molecular flexibility index (Phi) is 4.85. The van der Waals surface area contributed by atoms with Gasteiger partial charge in [-0.1, -0.05) is 6.07 Å². The van der Waals surface area contributed by atoms with Gasteiger partial charge in [0.1, 0.15) is 0 Å². The lowest BCUT2D eigenvalue weighted by Gasteiger charge is -2.23. The molecule has 0 spiro atoms. The third-order valence-electron chi connectivity index (χ3n) is 3.16. The molecule has 5 nitrogen and oxygen atoms in total. The van der Waals surface area contributed by atoms with Gasteiger partial charge in [0.2, 0.25) is 0 Å². The van der Waals surface area contributed by atoms with Crippen molar-refractivity contribution in [3.05, 3.63) is 34.2 Å². The van der Waals surface area contributed by atoms with Crippen LogP contribution < -0.4 is 0 Å². The zero-order chi connectivity index (χ0) is 14.8. The fraction of sp³-hybridized carbons (Fsp3) is 0.417. The summed E-state index contributed by atoms with van der Waals surface area (Å²) in [7, 11) is -2.03. The molecule has 0 amide bonds. The van der Waals surface area contributed by atoms with Crippen LogP contribution >= 0.6 is 22.9 Å². The molecular weight excluding hydrogens is 318 g/mol. The fourth-order valence-corrected chi connectivity index (χ4v) is 4.42. The van der Waals surface area contributed by atoms with Crippen molar-refractivity contribution in [1.82, 2.24) is 14.5 Å². The van der Waals surface area contributed by atoms with Crippen molar-refractivity contribution in [3.63, 3.8) is 0 Å². The van der Waals surface area contributed by atoms with Crippen LogP contribution in [0.1, 0.15) is 17.4 Å². The van der Waals surface area contributed by atoms with Crippen molar-refractivity contribution in [2.45, 2.75) is 30.3 Å². The number of nitrogens with zero attached hydrogens (tertiary/aromatic N) is 2. The maximum absolute atomic E-state index is 12.5. The summed E-state index contributed by atoms with van der Waals surface area (Å²) in [5, 5.41) is 8.35. The predicted molar refractivity (Wildman–Crippen MR) is 80.6 cm³/mol. The van der Waals surface area contributed by atoms with Crippen molar-refractivity contribution in [2.24, 2.45) is 0 Å². The first-order valence-corrected chi connectivity index (χ1v) is 8.91. The summed E-state index contributed by atoms with van der Waals surface area (Å²) in [6.45, 7) is 1.88. The maximum atomic E-state index is 12.5. The van der Waals surface area contributed by atoms with Crippen LogP contribution in [0.15, 0.2) is 28.7 Å². The van der Waals surface area contributed by atoms with E-state index in [2.05, 4.69) is 10.2 Å². The zero-order valence-corrected chi connectivity index (χ0v) is 13.6. The van der Waals surface area contributed by atoms with E-state index in [0.717, 1.165) is 4.88 Å². The third kappa shape index (κ3) is 3.06. The lowest BCUT2D eigenvalue weighted by molar-refractivity contribution is 0.386. The standard InChI is InChI=1S/C12H16ClN3O2S2/c1-9(6-11-4-3-5-19-11)16(2)20(17,18)12-10(7-13)8-14-15-12/h3-5,8-9H,6-7H2,1-2H3,(H,14,15). The molecule has 0 fully saturated rings. The molecule has 0 saturated carbocycles. The quantitative estimate of drug-likeness (QED) is 0.826. The Hall–Kier alpha value is -0.890. The van der Waals surface area contributed by atoms with Gasteiger partial charge < -0.3 is 0 Å². The van der Waals surface area contributed by atoms with E-state index < -0.39 is 10.0 Å². The molecule has 0 aromatic carbocycles. The predicted octanol–water partition coefficient (Wildman–Crippen LogP) is 2.46. The molecule has 1 N–H and O–H groups in total. The highest BCUT2D eigenvalue weighted by atomic mass is 35.5. The molecule has 1 unspecified atom stereocenters. The molecule has 2 aromatic heterocycles. The minimum atomic E-state index is -3.61. The van der Waals surface area contributed by atoms with E-state index in [4.69, 9.17) is 11.6 Å². The van der Waals surface area contributed by atoms with Gasteiger partial charge in [-0.25, -0.2) is 8.42 Å². The number of aromatic amines is 1. The molecular formula is C12H16ClN3O2S2. The van der Waals surface area contributed by atoms with Gasteiger partial charge in [0.25, 0.3) is 10.0 Å². The summed E-state index contributed by atoms with van der Waals surface area (Å²) >= 11 is 7.36. The Bertz CT molecular complexity index is 652. The smallest absolute Gasteiger partial charge is 0.260 e. The topological polar surface area (TPSA) is 66.1 Å². The van der Waals surface area contributed by atoms with Crippen LogP contribution in [-0.4, -0.2) is 36.0 Å². The first-order valence-electron chi connectivity index (χ1n) is 6.05. The van der Waals surface area contributed by atoms with E-state index in [1.165, 1.54) is 10.5 Å². The van der Waals surface area contributed by atoms with Crippen LogP contribution in [0.4, 0.5) is 0 Å². The molecule has 2 heterocycles. The number of halogens is 1. The highest BCUT2D eigenvalue weighted by molar-refractivity contribution is 7.89. The molecule has 0 aliphatic rings. The summed E-state index contributed by atoms with van der Waals surface area (Å²) in [6.07, 6.45) is 2.12. The van der Waals surface area contributed by atoms with E-state index in [9.17, 15) is 8.42 Å². The Morgan fingerprint density at radius 1 is 1.55 bits per heavy atom. The van der Waals surface area contributed by atoms with Crippen LogP contribution in [0.5, 0.6) is 0 Å². The first kappa shape index (κ1) is 15.5. The monoisotopic (exact) mass is 333 g/mol. The second-order valence-electron chi connectivity index (χ2n) is 4.51. The molecule has 0 aliphatic carbocycles.